The lowest BCUT2D eigenvalue weighted by Crippen LogP contribution is -2.45. The zero-order valence-electron chi connectivity index (χ0n) is 14.4. The van der Waals surface area contributed by atoms with Crippen molar-refractivity contribution in [2.24, 2.45) is 5.92 Å². The lowest BCUT2D eigenvalue weighted by Gasteiger charge is -2.32. The van der Waals surface area contributed by atoms with E-state index in [0.29, 0.717) is 50.7 Å². The number of hydrogen-bond acceptors (Lipinski definition) is 5. The molecule has 1 fully saturated rings. The lowest BCUT2D eigenvalue weighted by atomic mass is 9.95. The smallest absolute Gasteiger partial charge is 0.276 e. The molecule has 1 saturated heterocycles. The molecule has 1 unspecified atom stereocenters. The first kappa shape index (κ1) is 16.7. The third kappa shape index (κ3) is 3.32. The third-order valence-corrected chi connectivity index (χ3v) is 4.90. The number of carbonyl (C=O) groups is 2. The Morgan fingerprint density at radius 2 is 2.12 bits per heavy atom. The number of imidazole rings is 1. The molecule has 2 amide bonds. The molecule has 8 nitrogen and oxygen atoms in total. The van der Waals surface area contributed by atoms with Gasteiger partial charge in [-0.3, -0.25) is 14.6 Å². The Morgan fingerprint density at radius 3 is 2.88 bits per heavy atom. The maximum atomic E-state index is 12.7. The highest BCUT2D eigenvalue weighted by atomic mass is 16.5. The van der Waals surface area contributed by atoms with Crippen LogP contribution in [0.1, 0.15) is 22.6 Å². The number of ether oxygens (including phenoxy) is 1. The van der Waals surface area contributed by atoms with Crippen molar-refractivity contribution in [1.82, 2.24) is 19.4 Å². The molecule has 26 heavy (non-hydrogen) atoms. The number of nitrogens with one attached hydrogen (secondary N) is 1. The van der Waals surface area contributed by atoms with Crippen LogP contribution in [0.25, 0.3) is 0 Å². The van der Waals surface area contributed by atoms with Gasteiger partial charge in [-0.15, -0.1) is 0 Å². The van der Waals surface area contributed by atoms with Crippen LogP contribution in [0.4, 0.5) is 5.69 Å². The molecule has 0 spiro atoms. The van der Waals surface area contributed by atoms with E-state index in [-0.39, 0.29) is 17.7 Å². The second-order valence-electron chi connectivity index (χ2n) is 6.56. The van der Waals surface area contributed by atoms with Crippen molar-refractivity contribution >= 4 is 17.5 Å². The number of carbonyl (C=O) groups excluding carboxylic acids is 2. The van der Waals surface area contributed by atoms with Crippen molar-refractivity contribution in [2.75, 3.05) is 31.6 Å². The van der Waals surface area contributed by atoms with E-state index in [1.54, 1.807) is 30.9 Å². The molecule has 1 atom stereocenters. The lowest BCUT2D eigenvalue weighted by molar-refractivity contribution is -0.140. The van der Waals surface area contributed by atoms with Crippen LogP contribution in [0.3, 0.4) is 0 Å². The number of rotatable bonds is 3. The normalized spacial score (nSPS) is 19.7. The molecule has 136 valence electrons. The average molecular weight is 355 g/mol. The van der Waals surface area contributed by atoms with Crippen LogP contribution in [0.5, 0.6) is 0 Å². The highest BCUT2D eigenvalue weighted by molar-refractivity contribution is 6.03. The highest BCUT2D eigenvalue weighted by Crippen LogP contribution is 2.25. The number of hydrogen-bond donors (Lipinski definition) is 1. The van der Waals surface area contributed by atoms with Gasteiger partial charge in [0.05, 0.1) is 43.0 Å². The summed E-state index contributed by atoms with van der Waals surface area (Å²) >= 11 is 0. The van der Waals surface area contributed by atoms with Gasteiger partial charge in [0.25, 0.3) is 5.91 Å². The molecule has 0 saturated carbocycles. The first-order valence-electron chi connectivity index (χ1n) is 8.84. The summed E-state index contributed by atoms with van der Waals surface area (Å²) in [4.78, 5) is 35.4. The maximum Gasteiger partial charge on any atom is 0.276 e. The molecule has 8 heteroatoms. The van der Waals surface area contributed by atoms with E-state index in [0.717, 1.165) is 12.1 Å². The Labute approximate surface area is 151 Å². The van der Waals surface area contributed by atoms with E-state index in [2.05, 4.69) is 15.3 Å². The SMILES string of the molecule is O=C(Nc1cccnc1)c1ncn2c1CCC(C(=O)N1CCOCC1)C2. The fraction of sp³-hybridized carbons (Fsp3) is 0.444. The number of aromatic nitrogens is 3. The zero-order chi connectivity index (χ0) is 17.9. The number of pyridine rings is 1. The summed E-state index contributed by atoms with van der Waals surface area (Å²) in [6.07, 6.45) is 6.30. The van der Waals surface area contributed by atoms with Crippen molar-refractivity contribution in [3.8, 4) is 0 Å². The number of fused-ring (bicyclic) bond motifs is 1. The summed E-state index contributed by atoms with van der Waals surface area (Å²) in [5, 5.41) is 2.81. The monoisotopic (exact) mass is 355 g/mol. The predicted molar refractivity (Wildman–Crippen MR) is 93.6 cm³/mol. The zero-order valence-corrected chi connectivity index (χ0v) is 14.4. The summed E-state index contributed by atoms with van der Waals surface area (Å²) in [5.41, 5.74) is 1.94. The van der Waals surface area contributed by atoms with Crippen molar-refractivity contribution in [1.29, 1.82) is 0 Å². The van der Waals surface area contributed by atoms with Gasteiger partial charge in [-0.2, -0.15) is 0 Å². The second-order valence-corrected chi connectivity index (χ2v) is 6.56. The molecule has 0 aromatic carbocycles. The molecule has 4 rings (SSSR count). The Morgan fingerprint density at radius 1 is 1.27 bits per heavy atom. The van der Waals surface area contributed by atoms with Gasteiger partial charge in [0.2, 0.25) is 5.91 Å². The summed E-state index contributed by atoms with van der Waals surface area (Å²) in [5.74, 6) is -0.136. The minimum atomic E-state index is -0.246. The summed E-state index contributed by atoms with van der Waals surface area (Å²) in [6.45, 7) is 3.09. The van der Waals surface area contributed by atoms with Gasteiger partial charge in [-0.05, 0) is 25.0 Å². The van der Waals surface area contributed by atoms with Crippen LogP contribution < -0.4 is 5.32 Å². The third-order valence-electron chi connectivity index (χ3n) is 4.90. The molecule has 0 aliphatic carbocycles. The minimum absolute atomic E-state index is 0.0657. The Balaban J connectivity index is 1.45. The van der Waals surface area contributed by atoms with E-state index < -0.39 is 0 Å². The van der Waals surface area contributed by atoms with Crippen molar-refractivity contribution in [3.63, 3.8) is 0 Å². The summed E-state index contributed by atoms with van der Waals surface area (Å²) in [6, 6.07) is 3.55. The van der Waals surface area contributed by atoms with Gasteiger partial charge in [-0.1, -0.05) is 0 Å². The van der Waals surface area contributed by atoms with Gasteiger partial charge in [-0.25, -0.2) is 4.98 Å². The van der Waals surface area contributed by atoms with Crippen LogP contribution >= 0.6 is 0 Å². The number of amides is 2. The highest BCUT2D eigenvalue weighted by Gasteiger charge is 2.31. The topological polar surface area (TPSA) is 89.3 Å². The van der Waals surface area contributed by atoms with E-state index in [1.165, 1.54) is 0 Å². The summed E-state index contributed by atoms with van der Waals surface area (Å²) < 4.78 is 7.25. The first-order valence-corrected chi connectivity index (χ1v) is 8.84. The molecular weight excluding hydrogens is 334 g/mol. The Kier molecular flexibility index (Phi) is 4.66. The fourth-order valence-corrected chi connectivity index (χ4v) is 3.53. The minimum Gasteiger partial charge on any atom is -0.378 e. The molecule has 4 heterocycles. The average Bonchev–Trinajstić information content (AvgIpc) is 3.12. The van der Waals surface area contributed by atoms with Gasteiger partial charge < -0.3 is 19.5 Å². The van der Waals surface area contributed by atoms with E-state index in [9.17, 15) is 9.59 Å². The standard InChI is InChI=1S/C18H21N5O3/c24-17(21-14-2-1-5-19-10-14)16-15-4-3-13(11-23(15)12-20-16)18(25)22-6-8-26-9-7-22/h1-2,5,10,12-13H,3-4,6-9,11H2,(H,21,24). The molecule has 2 aliphatic rings. The number of nitrogens with zero attached hydrogens (tertiary/aromatic N) is 4. The quantitative estimate of drug-likeness (QED) is 0.885. The Hall–Kier alpha value is -2.74. The first-order chi connectivity index (χ1) is 12.7. The second kappa shape index (κ2) is 7.25. The molecule has 2 aromatic heterocycles. The predicted octanol–water partition coefficient (Wildman–Crippen LogP) is 0.952. The maximum absolute atomic E-state index is 12.7. The van der Waals surface area contributed by atoms with E-state index in [4.69, 9.17) is 4.74 Å². The molecule has 2 aromatic rings. The fourth-order valence-electron chi connectivity index (χ4n) is 3.53. The van der Waals surface area contributed by atoms with Crippen LogP contribution in [0.2, 0.25) is 0 Å². The van der Waals surface area contributed by atoms with Crippen LogP contribution in [0.15, 0.2) is 30.9 Å². The number of anilines is 1. The van der Waals surface area contributed by atoms with Crippen molar-refractivity contribution in [3.05, 3.63) is 42.2 Å². The molecular formula is C18H21N5O3. The van der Waals surface area contributed by atoms with Gasteiger partial charge in [0.15, 0.2) is 0 Å². The van der Waals surface area contributed by atoms with E-state index in [1.807, 2.05) is 9.47 Å². The molecule has 0 bridgehead atoms. The van der Waals surface area contributed by atoms with Crippen LogP contribution in [-0.4, -0.2) is 57.6 Å². The molecule has 1 N–H and O–H groups in total. The largest absolute Gasteiger partial charge is 0.378 e. The Bertz CT molecular complexity index is 798. The summed E-state index contributed by atoms with van der Waals surface area (Å²) in [7, 11) is 0. The van der Waals surface area contributed by atoms with Gasteiger partial charge >= 0.3 is 0 Å². The molecule has 0 radical (unpaired) electrons. The van der Waals surface area contributed by atoms with Crippen molar-refractivity contribution < 1.29 is 14.3 Å². The van der Waals surface area contributed by atoms with Gasteiger partial charge in [0.1, 0.15) is 5.69 Å². The van der Waals surface area contributed by atoms with E-state index >= 15 is 0 Å². The molecule has 2 aliphatic heterocycles. The number of morpholine rings is 1. The van der Waals surface area contributed by atoms with Crippen LogP contribution in [-0.2, 0) is 22.5 Å². The van der Waals surface area contributed by atoms with Crippen LogP contribution in [0, 0.1) is 5.92 Å². The van der Waals surface area contributed by atoms with Gasteiger partial charge in [0, 0.05) is 25.8 Å². The van der Waals surface area contributed by atoms with Crippen molar-refractivity contribution in [2.45, 2.75) is 19.4 Å².